The zero-order valence-electron chi connectivity index (χ0n) is 21.9. The first-order valence-electron chi connectivity index (χ1n) is 13.4. The predicted molar refractivity (Wildman–Crippen MR) is 148 cm³/mol. The minimum absolute atomic E-state index is 0.0558. The number of aromatic nitrogens is 2. The number of anilines is 1. The first-order valence-corrected chi connectivity index (χ1v) is 13.4. The van der Waals surface area contributed by atoms with E-state index in [-0.39, 0.29) is 23.9 Å². The molecule has 0 fully saturated rings. The van der Waals surface area contributed by atoms with Crippen molar-refractivity contribution in [2.24, 2.45) is 5.92 Å². The third kappa shape index (κ3) is 3.17. The van der Waals surface area contributed by atoms with Gasteiger partial charge in [0.25, 0.3) is 11.5 Å². The summed E-state index contributed by atoms with van der Waals surface area (Å²) in [5, 5.41) is 5.56. The van der Waals surface area contributed by atoms with E-state index in [0.717, 1.165) is 52.4 Å². The highest BCUT2D eigenvalue weighted by Gasteiger charge is 2.43. The highest BCUT2D eigenvalue weighted by molar-refractivity contribution is 6.11. The molecule has 7 rings (SSSR count). The molecular formula is C31H30N4O3. The SMILES string of the molecule is CC(=O)N1CC2=C(C1=O)C(c1cc3cccc4c3n(c1=O)CCC4)c1cn(CC(C)C)c3cccc(c13)N2. The van der Waals surface area contributed by atoms with E-state index in [9.17, 15) is 14.4 Å². The van der Waals surface area contributed by atoms with E-state index in [2.05, 4.69) is 48.1 Å². The zero-order valence-corrected chi connectivity index (χ0v) is 21.9. The lowest BCUT2D eigenvalue weighted by Crippen LogP contribution is -2.34. The van der Waals surface area contributed by atoms with Crippen molar-refractivity contribution in [1.82, 2.24) is 14.0 Å². The first-order chi connectivity index (χ1) is 18.3. The highest BCUT2D eigenvalue weighted by Crippen LogP contribution is 2.46. The van der Waals surface area contributed by atoms with Gasteiger partial charge in [-0.2, -0.15) is 0 Å². The Hall–Kier alpha value is -4.13. The minimum atomic E-state index is -0.583. The third-order valence-corrected chi connectivity index (χ3v) is 8.24. The van der Waals surface area contributed by atoms with E-state index in [0.29, 0.717) is 29.3 Å². The molecule has 3 aliphatic rings. The number of aryl methyl sites for hydroxylation is 2. The van der Waals surface area contributed by atoms with Crippen LogP contribution in [0.5, 0.6) is 0 Å². The molecule has 0 radical (unpaired) electrons. The monoisotopic (exact) mass is 506 g/mol. The molecule has 2 aromatic carbocycles. The second-order valence-electron chi connectivity index (χ2n) is 11.2. The Morgan fingerprint density at radius 2 is 1.92 bits per heavy atom. The maximum absolute atomic E-state index is 14.3. The Morgan fingerprint density at radius 3 is 2.71 bits per heavy atom. The summed E-state index contributed by atoms with van der Waals surface area (Å²) in [4.78, 5) is 41.9. The molecule has 1 unspecified atom stereocenters. The van der Waals surface area contributed by atoms with Crippen molar-refractivity contribution >= 4 is 39.3 Å². The third-order valence-electron chi connectivity index (χ3n) is 8.24. The van der Waals surface area contributed by atoms with Crippen molar-refractivity contribution in [3.05, 3.63) is 87.0 Å². The molecule has 2 aromatic heterocycles. The number of amides is 2. The number of nitrogens with zero attached hydrogens (tertiary/aromatic N) is 3. The molecule has 38 heavy (non-hydrogen) atoms. The molecule has 0 aliphatic carbocycles. The molecule has 2 amide bonds. The Labute approximate surface area is 220 Å². The molecule has 1 atom stereocenters. The Balaban J connectivity index is 1.57. The number of pyridine rings is 1. The van der Waals surface area contributed by atoms with Crippen molar-refractivity contribution in [3.63, 3.8) is 0 Å². The van der Waals surface area contributed by atoms with Crippen LogP contribution >= 0.6 is 0 Å². The van der Waals surface area contributed by atoms with Crippen molar-refractivity contribution in [2.75, 3.05) is 11.9 Å². The summed E-state index contributed by atoms with van der Waals surface area (Å²) < 4.78 is 4.14. The van der Waals surface area contributed by atoms with Gasteiger partial charge in [-0.25, -0.2) is 0 Å². The van der Waals surface area contributed by atoms with Crippen molar-refractivity contribution < 1.29 is 9.59 Å². The second-order valence-corrected chi connectivity index (χ2v) is 11.2. The normalized spacial score (nSPS) is 18.4. The van der Waals surface area contributed by atoms with Gasteiger partial charge in [-0.3, -0.25) is 19.3 Å². The summed E-state index contributed by atoms with van der Waals surface area (Å²) in [5.41, 5.74) is 6.82. The molecule has 5 heterocycles. The lowest BCUT2D eigenvalue weighted by molar-refractivity contribution is -0.139. The molecule has 0 bridgehead atoms. The molecule has 7 heteroatoms. The van der Waals surface area contributed by atoms with E-state index in [1.807, 2.05) is 28.8 Å². The van der Waals surface area contributed by atoms with Gasteiger partial charge in [-0.05, 0) is 53.5 Å². The van der Waals surface area contributed by atoms with Crippen LogP contribution in [-0.4, -0.2) is 32.4 Å². The van der Waals surface area contributed by atoms with Crippen LogP contribution in [0.3, 0.4) is 0 Å². The summed E-state index contributed by atoms with van der Waals surface area (Å²) in [6.45, 7) is 7.43. The Bertz CT molecular complexity index is 1790. The smallest absolute Gasteiger partial charge is 0.259 e. The van der Waals surface area contributed by atoms with E-state index in [1.165, 1.54) is 17.4 Å². The predicted octanol–water partition coefficient (Wildman–Crippen LogP) is 4.76. The molecule has 0 saturated carbocycles. The lowest BCUT2D eigenvalue weighted by atomic mass is 9.84. The number of para-hydroxylation sites is 1. The minimum Gasteiger partial charge on any atom is -0.356 e. The van der Waals surface area contributed by atoms with Crippen LogP contribution in [0.25, 0.3) is 21.8 Å². The van der Waals surface area contributed by atoms with E-state index in [4.69, 9.17) is 0 Å². The maximum atomic E-state index is 14.3. The molecule has 3 aliphatic heterocycles. The van der Waals surface area contributed by atoms with E-state index < -0.39 is 5.92 Å². The van der Waals surface area contributed by atoms with Crippen molar-refractivity contribution in [3.8, 4) is 0 Å². The summed E-state index contributed by atoms with van der Waals surface area (Å²) in [5.74, 6) is -0.786. The fourth-order valence-electron chi connectivity index (χ4n) is 6.73. The van der Waals surface area contributed by atoms with Crippen LogP contribution in [0.4, 0.5) is 5.69 Å². The van der Waals surface area contributed by atoms with Crippen LogP contribution in [0.15, 0.2) is 64.7 Å². The van der Waals surface area contributed by atoms with Gasteiger partial charge in [0.05, 0.1) is 23.2 Å². The Kier molecular flexibility index (Phi) is 4.96. The summed E-state index contributed by atoms with van der Waals surface area (Å²) in [6, 6.07) is 14.3. The maximum Gasteiger partial charge on any atom is 0.259 e. The number of carbonyl (C=O) groups is 2. The fraction of sp³-hybridized carbons (Fsp3) is 0.323. The van der Waals surface area contributed by atoms with Crippen LogP contribution in [0.2, 0.25) is 0 Å². The van der Waals surface area contributed by atoms with Gasteiger partial charge in [-0.15, -0.1) is 0 Å². The Morgan fingerprint density at radius 1 is 1.11 bits per heavy atom. The average Bonchev–Trinajstić information content (AvgIpc) is 3.36. The van der Waals surface area contributed by atoms with Crippen LogP contribution in [0.1, 0.15) is 49.8 Å². The highest BCUT2D eigenvalue weighted by atomic mass is 16.2. The second kappa shape index (κ2) is 8.18. The van der Waals surface area contributed by atoms with Gasteiger partial charge in [0.15, 0.2) is 0 Å². The van der Waals surface area contributed by atoms with Crippen LogP contribution in [-0.2, 0) is 29.1 Å². The van der Waals surface area contributed by atoms with Crippen LogP contribution in [0, 0.1) is 5.92 Å². The van der Waals surface area contributed by atoms with Gasteiger partial charge < -0.3 is 14.5 Å². The van der Waals surface area contributed by atoms with Crippen molar-refractivity contribution in [2.45, 2.75) is 52.6 Å². The molecule has 0 spiro atoms. The average molecular weight is 507 g/mol. The van der Waals surface area contributed by atoms with Gasteiger partial charge in [0.1, 0.15) is 0 Å². The number of carbonyl (C=O) groups excluding carboxylic acids is 2. The van der Waals surface area contributed by atoms with Gasteiger partial charge in [-0.1, -0.05) is 38.1 Å². The van der Waals surface area contributed by atoms with Gasteiger partial charge >= 0.3 is 0 Å². The zero-order chi connectivity index (χ0) is 26.3. The number of benzene rings is 2. The van der Waals surface area contributed by atoms with E-state index >= 15 is 0 Å². The largest absolute Gasteiger partial charge is 0.356 e. The summed E-state index contributed by atoms with van der Waals surface area (Å²) >= 11 is 0. The number of nitrogens with one attached hydrogen (secondary N) is 1. The molecule has 4 aromatic rings. The molecule has 192 valence electrons. The number of hydrogen-bond donors (Lipinski definition) is 1. The van der Waals surface area contributed by atoms with Crippen molar-refractivity contribution in [1.29, 1.82) is 0 Å². The summed E-state index contributed by atoms with van der Waals surface area (Å²) in [7, 11) is 0. The fourth-order valence-corrected chi connectivity index (χ4v) is 6.73. The number of hydrogen-bond acceptors (Lipinski definition) is 4. The van der Waals surface area contributed by atoms with Gasteiger partial charge in [0.2, 0.25) is 5.91 Å². The molecular weight excluding hydrogens is 476 g/mol. The molecule has 0 saturated heterocycles. The standard InChI is InChI=1S/C31H30N4O3/c1-17(2)14-33-15-22-26(21-13-20-8-4-7-19-9-6-12-34(29(19)20)30(21)37)28-24(16-35(18(3)36)31(28)38)32-23-10-5-11-25(33)27(22)23/h4-5,7-8,10-11,13,15,17,26,32H,6,9,12,14,16H2,1-3H3. The van der Waals surface area contributed by atoms with Gasteiger partial charge in [0, 0.05) is 54.5 Å². The lowest BCUT2D eigenvalue weighted by Gasteiger charge is -2.24. The summed E-state index contributed by atoms with van der Waals surface area (Å²) in [6.07, 6.45) is 3.98. The number of rotatable bonds is 3. The number of imide groups is 1. The quantitative estimate of drug-likeness (QED) is 0.435. The first kappa shape index (κ1) is 23.0. The van der Waals surface area contributed by atoms with Crippen LogP contribution < -0.4 is 10.9 Å². The van der Waals surface area contributed by atoms with E-state index in [1.54, 1.807) is 0 Å². The molecule has 7 nitrogen and oxygen atoms in total. The topological polar surface area (TPSA) is 76.3 Å². The molecule has 1 N–H and O–H groups in total.